The first-order valence-corrected chi connectivity index (χ1v) is 12.4. The lowest BCUT2D eigenvalue weighted by Gasteiger charge is -2.27. The highest BCUT2D eigenvalue weighted by Gasteiger charge is 2.39. The molecule has 0 amide bonds. The molecule has 0 atom stereocenters. The summed E-state index contributed by atoms with van der Waals surface area (Å²) in [5.74, 6) is -0.318. The summed E-state index contributed by atoms with van der Waals surface area (Å²) in [6.07, 6.45) is 11.0. The maximum Gasteiger partial charge on any atom is 0.175 e. The Labute approximate surface area is 195 Å². The zero-order valence-electron chi connectivity index (χ0n) is 19.5. The van der Waals surface area contributed by atoms with Crippen LogP contribution in [0.1, 0.15) is 62.8 Å². The Kier molecular flexibility index (Phi) is 6.28. The second-order valence-corrected chi connectivity index (χ2v) is 9.83. The highest BCUT2D eigenvalue weighted by molar-refractivity contribution is 5.91. The average molecular weight is 449 g/mol. The van der Waals surface area contributed by atoms with E-state index in [9.17, 15) is 4.79 Å². The third-order valence-corrected chi connectivity index (χ3v) is 7.46. The number of alkyl halides is 1. The number of halogens is 1. The van der Waals surface area contributed by atoms with Gasteiger partial charge < -0.3 is 0 Å². The van der Waals surface area contributed by atoms with Gasteiger partial charge in [-0.1, -0.05) is 25.0 Å². The molecule has 0 radical (unpaired) electrons. The zero-order valence-corrected chi connectivity index (χ0v) is 19.5. The normalized spacial score (nSPS) is 19.1. The number of nitrogens with zero attached hydrogens (tertiary/aromatic N) is 4. The topological polar surface area (TPSA) is 51.0 Å². The van der Waals surface area contributed by atoms with Gasteiger partial charge in [0.2, 0.25) is 0 Å². The van der Waals surface area contributed by atoms with Gasteiger partial charge in [0, 0.05) is 36.4 Å². The van der Waals surface area contributed by atoms with E-state index in [1.807, 2.05) is 24.0 Å². The van der Waals surface area contributed by atoms with Crippen molar-refractivity contribution in [3.05, 3.63) is 48.0 Å². The number of fused-ring (bicyclic) bond motifs is 1. The number of ketones is 1. The molecule has 0 N–H and O–H groups in total. The van der Waals surface area contributed by atoms with E-state index in [-0.39, 0.29) is 12.2 Å². The molecule has 0 unspecified atom stereocenters. The second-order valence-electron chi connectivity index (χ2n) is 9.83. The van der Waals surface area contributed by atoms with E-state index in [1.165, 1.54) is 25.0 Å². The first-order valence-electron chi connectivity index (χ1n) is 12.4. The number of piperidine rings is 1. The van der Waals surface area contributed by atoms with Crippen molar-refractivity contribution in [2.24, 2.45) is 7.05 Å². The van der Waals surface area contributed by atoms with Crippen molar-refractivity contribution >= 4 is 16.6 Å². The van der Waals surface area contributed by atoms with Crippen molar-refractivity contribution in [3.63, 3.8) is 0 Å². The number of hydrogen-bond acceptors (Lipinski definition) is 4. The van der Waals surface area contributed by atoms with Crippen LogP contribution in [0.25, 0.3) is 21.9 Å². The molecule has 2 fully saturated rings. The Balaban J connectivity index is 1.40. The summed E-state index contributed by atoms with van der Waals surface area (Å²) in [4.78, 5) is 19.7. The predicted octanol–water partition coefficient (Wildman–Crippen LogP) is 5.41. The fraction of sp³-hybridized carbons (Fsp3) is 0.519. The van der Waals surface area contributed by atoms with Gasteiger partial charge in [-0.15, -0.1) is 0 Å². The number of pyridine rings is 1. The van der Waals surface area contributed by atoms with E-state index >= 15 is 4.39 Å². The number of hydrogen-bond donors (Lipinski definition) is 0. The van der Waals surface area contributed by atoms with Crippen molar-refractivity contribution in [1.82, 2.24) is 19.7 Å². The van der Waals surface area contributed by atoms with E-state index in [0.29, 0.717) is 18.5 Å². The van der Waals surface area contributed by atoms with Crippen molar-refractivity contribution in [2.75, 3.05) is 13.1 Å². The minimum atomic E-state index is -1.67. The van der Waals surface area contributed by atoms with Gasteiger partial charge in [-0.2, -0.15) is 5.10 Å². The van der Waals surface area contributed by atoms with E-state index in [4.69, 9.17) is 0 Å². The summed E-state index contributed by atoms with van der Waals surface area (Å²) in [7, 11) is 2.01. The van der Waals surface area contributed by atoms with Crippen LogP contribution in [0.2, 0.25) is 0 Å². The number of carbonyl (C=O) groups is 1. The van der Waals surface area contributed by atoms with Crippen molar-refractivity contribution < 1.29 is 9.18 Å². The van der Waals surface area contributed by atoms with Crippen LogP contribution in [-0.2, 0) is 24.8 Å². The van der Waals surface area contributed by atoms with Gasteiger partial charge in [-0.3, -0.25) is 19.4 Å². The Morgan fingerprint density at radius 3 is 2.55 bits per heavy atom. The minimum Gasteiger partial charge on any atom is -0.298 e. The first-order chi connectivity index (χ1) is 16.0. The summed E-state index contributed by atoms with van der Waals surface area (Å²) in [6.45, 7) is 3.18. The van der Waals surface area contributed by atoms with Gasteiger partial charge in [0.05, 0.1) is 18.3 Å². The molecule has 3 heterocycles. The van der Waals surface area contributed by atoms with Crippen LogP contribution in [0.3, 0.4) is 0 Å². The summed E-state index contributed by atoms with van der Waals surface area (Å²) >= 11 is 0. The molecular weight excluding hydrogens is 415 g/mol. The Hall–Kier alpha value is -2.60. The lowest BCUT2D eigenvalue weighted by molar-refractivity contribution is -0.132. The van der Waals surface area contributed by atoms with Crippen LogP contribution < -0.4 is 0 Å². The molecule has 1 aliphatic heterocycles. The molecule has 1 saturated heterocycles. The molecule has 2 aromatic heterocycles. The van der Waals surface area contributed by atoms with Crippen LogP contribution >= 0.6 is 0 Å². The standard InChI is InChI=1S/C27H33FN4O/c1-31-25(19-32-12-6-3-7-13-32)24(18-30-31)20-8-9-21-17-29-23(15-22(21)14-20)16-26(33)27(28)10-4-2-5-11-27/h8-9,14-15,17-18H,2-7,10-13,16,19H2,1H3. The fourth-order valence-electron chi connectivity index (χ4n) is 5.39. The third kappa shape index (κ3) is 4.72. The highest BCUT2D eigenvalue weighted by Crippen LogP contribution is 2.34. The van der Waals surface area contributed by atoms with Crippen molar-refractivity contribution in [2.45, 2.75) is 70.0 Å². The molecule has 33 heavy (non-hydrogen) atoms. The van der Waals surface area contributed by atoms with Gasteiger partial charge in [0.1, 0.15) is 0 Å². The van der Waals surface area contributed by atoms with Gasteiger partial charge in [0.15, 0.2) is 11.5 Å². The Morgan fingerprint density at radius 1 is 1.00 bits per heavy atom. The Bertz CT molecular complexity index is 1140. The second kappa shape index (κ2) is 9.34. The van der Waals surface area contributed by atoms with E-state index < -0.39 is 5.67 Å². The first kappa shape index (κ1) is 22.2. The molecule has 5 rings (SSSR count). The number of benzene rings is 1. The lowest BCUT2D eigenvalue weighted by Crippen LogP contribution is -2.37. The number of likely N-dealkylation sites (tertiary alicyclic amines) is 1. The van der Waals surface area contributed by atoms with Gasteiger partial charge in [-0.25, -0.2) is 4.39 Å². The fourth-order valence-corrected chi connectivity index (χ4v) is 5.39. The van der Waals surface area contributed by atoms with Gasteiger partial charge in [0.25, 0.3) is 0 Å². The third-order valence-electron chi connectivity index (χ3n) is 7.46. The molecule has 174 valence electrons. The SMILES string of the molecule is Cn1ncc(-c2ccc3cnc(CC(=O)C4(F)CCCCC4)cc3c2)c1CN1CCCCC1. The van der Waals surface area contributed by atoms with Crippen molar-refractivity contribution in [1.29, 1.82) is 0 Å². The molecule has 5 nitrogen and oxygen atoms in total. The summed E-state index contributed by atoms with van der Waals surface area (Å²) < 4.78 is 17.1. The molecule has 1 saturated carbocycles. The summed E-state index contributed by atoms with van der Waals surface area (Å²) in [5, 5.41) is 6.59. The largest absolute Gasteiger partial charge is 0.298 e. The van der Waals surface area contributed by atoms with E-state index in [2.05, 4.69) is 33.2 Å². The van der Waals surface area contributed by atoms with Crippen molar-refractivity contribution in [3.8, 4) is 11.1 Å². The number of aryl methyl sites for hydroxylation is 1. The highest BCUT2D eigenvalue weighted by atomic mass is 19.1. The summed E-state index contributed by atoms with van der Waals surface area (Å²) in [5.41, 5.74) is 2.45. The van der Waals surface area contributed by atoms with Crippen LogP contribution in [0.5, 0.6) is 0 Å². The maximum absolute atomic E-state index is 15.1. The van der Waals surface area contributed by atoms with E-state index in [1.54, 1.807) is 6.20 Å². The van der Waals surface area contributed by atoms with Crippen LogP contribution in [0, 0.1) is 0 Å². The molecule has 3 aromatic rings. The minimum absolute atomic E-state index is 0.0593. The molecule has 0 bridgehead atoms. The predicted molar refractivity (Wildman–Crippen MR) is 129 cm³/mol. The van der Waals surface area contributed by atoms with Gasteiger partial charge >= 0.3 is 0 Å². The quantitative estimate of drug-likeness (QED) is 0.506. The molecular formula is C27H33FN4O. The lowest BCUT2D eigenvalue weighted by atomic mass is 9.82. The Morgan fingerprint density at radius 2 is 1.76 bits per heavy atom. The number of rotatable bonds is 6. The molecule has 1 aromatic carbocycles. The molecule has 2 aliphatic rings. The smallest absolute Gasteiger partial charge is 0.175 e. The number of Topliss-reactive ketones (excluding diaryl/α,β-unsaturated/α-hetero) is 1. The van der Waals surface area contributed by atoms with Crippen LogP contribution in [0.4, 0.5) is 4.39 Å². The average Bonchev–Trinajstić information content (AvgIpc) is 3.19. The zero-order chi connectivity index (χ0) is 22.8. The van der Waals surface area contributed by atoms with Crippen LogP contribution in [-0.4, -0.2) is 44.2 Å². The van der Waals surface area contributed by atoms with Gasteiger partial charge in [-0.05, 0) is 74.7 Å². The van der Waals surface area contributed by atoms with E-state index in [0.717, 1.165) is 60.8 Å². The maximum atomic E-state index is 15.1. The summed E-state index contributed by atoms with van der Waals surface area (Å²) in [6, 6.07) is 8.28. The molecule has 0 spiro atoms. The monoisotopic (exact) mass is 448 g/mol. The number of carbonyl (C=O) groups excluding carboxylic acids is 1. The molecule has 1 aliphatic carbocycles. The molecule has 6 heteroatoms. The van der Waals surface area contributed by atoms with Crippen LogP contribution in [0.15, 0.2) is 36.7 Å². The number of aromatic nitrogens is 3.